The number of amides is 2. The Bertz CT molecular complexity index is 418. The van der Waals surface area contributed by atoms with E-state index in [0.29, 0.717) is 37.2 Å². The van der Waals surface area contributed by atoms with E-state index in [1.54, 1.807) is 24.9 Å². The van der Waals surface area contributed by atoms with Gasteiger partial charge < -0.3 is 15.3 Å². The van der Waals surface area contributed by atoms with Gasteiger partial charge in [0.05, 0.1) is 11.0 Å². The Hall–Kier alpha value is -1.40. The third-order valence-electron chi connectivity index (χ3n) is 2.91. The summed E-state index contributed by atoms with van der Waals surface area (Å²) in [7, 11) is 1.73. The summed E-state index contributed by atoms with van der Waals surface area (Å²) in [5.41, 5.74) is 0. The maximum atomic E-state index is 11.8. The van der Waals surface area contributed by atoms with Gasteiger partial charge >= 0.3 is 0 Å². The molecule has 0 radical (unpaired) electrons. The number of rotatable bonds is 8. The van der Waals surface area contributed by atoms with Crippen molar-refractivity contribution in [3.05, 3.63) is 22.4 Å². The summed E-state index contributed by atoms with van der Waals surface area (Å²) in [5.74, 6) is -0.0501. The molecule has 0 saturated carbocycles. The molecule has 5 nitrogen and oxygen atoms in total. The molecule has 0 spiro atoms. The van der Waals surface area contributed by atoms with Gasteiger partial charge in [0.1, 0.15) is 0 Å². The van der Waals surface area contributed by atoms with E-state index in [2.05, 4.69) is 5.32 Å². The van der Waals surface area contributed by atoms with Gasteiger partial charge in [-0.2, -0.15) is 0 Å². The number of aliphatic hydroxyl groups excluding tert-OH is 1. The second-order valence-corrected chi connectivity index (χ2v) is 5.74. The van der Waals surface area contributed by atoms with Crippen LogP contribution in [0.5, 0.6) is 0 Å². The fraction of sp³-hybridized carbons (Fsp3) is 0.571. The standard InChI is InChI=1S/C14H22N2O3S/c1-11(17)7-9-16(2)13(18)6-3-8-15-14(19)12-5-4-10-20-12/h4-5,10-11,17H,3,6-9H2,1-2H3,(H,15,19). The van der Waals surface area contributed by atoms with Crippen molar-refractivity contribution in [2.24, 2.45) is 0 Å². The molecule has 0 aliphatic carbocycles. The van der Waals surface area contributed by atoms with Crippen LogP contribution in [0.1, 0.15) is 35.9 Å². The Balaban J connectivity index is 2.14. The quantitative estimate of drug-likeness (QED) is 0.714. The topological polar surface area (TPSA) is 69.6 Å². The fourth-order valence-corrected chi connectivity index (χ4v) is 2.27. The van der Waals surface area contributed by atoms with Crippen molar-refractivity contribution in [2.45, 2.75) is 32.3 Å². The molecule has 1 aromatic heterocycles. The van der Waals surface area contributed by atoms with E-state index >= 15 is 0 Å². The van der Waals surface area contributed by atoms with Crippen molar-refractivity contribution < 1.29 is 14.7 Å². The van der Waals surface area contributed by atoms with Crippen molar-refractivity contribution in [1.82, 2.24) is 10.2 Å². The second-order valence-electron chi connectivity index (χ2n) is 4.79. The molecule has 0 aromatic carbocycles. The predicted octanol–water partition coefficient (Wildman–Crippen LogP) is 1.49. The van der Waals surface area contributed by atoms with Crippen molar-refractivity contribution in [3.63, 3.8) is 0 Å². The third kappa shape index (κ3) is 6.16. The van der Waals surface area contributed by atoms with Crippen LogP contribution < -0.4 is 5.32 Å². The van der Waals surface area contributed by atoms with Gasteiger partial charge in [0.2, 0.25) is 5.91 Å². The van der Waals surface area contributed by atoms with Gasteiger partial charge in [0, 0.05) is 26.6 Å². The lowest BCUT2D eigenvalue weighted by Gasteiger charge is -2.18. The number of hydrogen-bond donors (Lipinski definition) is 2. The largest absolute Gasteiger partial charge is 0.393 e. The molecule has 6 heteroatoms. The lowest BCUT2D eigenvalue weighted by Crippen LogP contribution is -2.30. The number of thiophene rings is 1. The molecule has 1 rings (SSSR count). The van der Waals surface area contributed by atoms with Crippen molar-refractivity contribution in [2.75, 3.05) is 20.1 Å². The molecule has 1 unspecified atom stereocenters. The maximum Gasteiger partial charge on any atom is 0.261 e. The summed E-state index contributed by atoms with van der Waals surface area (Å²) in [5, 5.41) is 13.8. The average Bonchev–Trinajstić information content (AvgIpc) is 2.94. The molecule has 0 aliphatic heterocycles. The zero-order valence-corrected chi connectivity index (χ0v) is 12.8. The van der Waals surface area contributed by atoms with E-state index in [1.807, 2.05) is 11.4 Å². The summed E-state index contributed by atoms with van der Waals surface area (Å²) >= 11 is 1.40. The van der Waals surface area contributed by atoms with Gasteiger partial charge in [0.15, 0.2) is 0 Å². The minimum absolute atomic E-state index is 0.0380. The minimum Gasteiger partial charge on any atom is -0.393 e. The molecule has 0 saturated heterocycles. The molecular weight excluding hydrogens is 276 g/mol. The van der Waals surface area contributed by atoms with Crippen LogP contribution in [0.3, 0.4) is 0 Å². The SMILES string of the molecule is CC(O)CCN(C)C(=O)CCCNC(=O)c1cccs1. The predicted molar refractivity (Wildman–Crippen MR) is 79.8 cm³/mol. The van der Waals surface area contributed by atoms with Gasteiger partial charge in [-0.05, 0) is 31.2 Å². The van der Waals surface area contributed by atoms with Gasteiger partial charge in [-0.1, -0.05) is 6.07 Å². The van der Waals surface area contributed by atoms with Crippen LogP contribution in [0.2, 0.25) is 0 Å². The highest BCUT2D eigenvalue weighted by molar-refractivity contribution is 7.12. The average molecular weight is 298 g/mol. The minimum atomic E-state index is -0.393. The van der Waals surface area contributed by atoms with Crippen LogP contribution in [-0.4, -0.2) is 48.1 Å². The van der Waals surface area contributed by atoms with E-state index in [9.17, 15) is 9.59 Å². The van der Waals surface area contributed by atoms with Gasteiger partial charge in [0.25, 0.3) is 5.91 Å². The molecule has 1 atom stereocenters. The third-order valence-corrected chi connectivity index (χ3v) is 3.77. The van der Waals surface area contributed by atoms with Crippen LogP contribution in [-0.2, 0) is 4.79 Å². The Morgan fingerprint density at radius 1 is 1.50 bits per heavy atom. The van der Waals surface area contributed by atoms with Gasteiger partial charge in [-0.3, -0.25) is 9.59 Å². The zero-order chi connectivity index (χ0) is 15.0. The fourth-order valence-electron chi connectivity index (χ4n) is 1.63. The molecule has 1 aromatic rings. The number of aliphatic hydroxyl groups is 1. The number of nitrogens with zero attached hydrogens (tertiary/aromatic N) is 1. The van der Waals surface area contributed by atoms with Crippen LogP contribution in [0, 0.1) is 0 Å². The first-order valence-corrected chi connectivity index (χ1v) is 7.62. The van der Waals surface area contributed by atoms with Crippen molar-refractivity contribution >= 4 is 23.2 Å². The monoisotopic (exact) mass is 298 g/mol. The molecule has 0 fully saturated rings. The van der Waals surface area contributed by atoms with Crippen LogP contribution in [0.15, 0.2) is 17.5 Å². The Kier molecular flexibility index (Phi) is 7.25. The Morgan fingerprint density at radius 2 is 2.25 bits per heavy atom. The smallest absolute Gasteiger partial charge is 0.261 e. The van der Waals surface area contributed by atoms with E-state index in [0.717, 1.165) is 0 Å². The molecule has 0 aliphatic rings. The first-order chi connectivity index (χ1) is 9.50. The molecule has 1 heterocycles. The Morgan fingerprint density at radius 3 is 2.85 bits per heavy atom. The number of hydrogen-bond acceptors (Lipinski definition) is 4. The highest BCUT2D eigenvalue weighted by Crippen LogP contribution is 2.07. The highest BCUT2D eigenvalue weighted by atomic mass is 32.1. The van der Waals surface area contributed by atoms with Crippen LogP contribution in [0.25, 0.3) is 0 Å². The normalized spacial score (nSPS) is 11.9. The van der Waals surface area contributed by atoms with E-state index in [4.69, 9.17) is 5.11 Å². The molecule has 2 amide bonds. The molecular formula is C14H22N2O3S. The second kappa shape index (κ2) is 8.71. The lowest BCUT2D eigenvalue weighted by atomic mass is 10.2. The van der Waals surface area contributed by atoms with Crippen molar-refractivity contribution in [3.8, 4) is 0 Å². The Labute approximate surface area is 123 Å². The molecule has 2 N–H and O–H groups in total. The van der Waals surface area contributed by atoms with Gasteiger partial charge in [-0.15, -0.1) is 11.3 Å². The number of nitrogens with one attached hydrogen (secondary N) is 1. The molecule has 20 heavy (non-hydrogen) atoms. The van der Waals surface area contributed by atoms with Crippen molar-refractivity contribution in [1.29, 1.82) is 0 Å². The summed E-state index contributed by atoms with van der Waals surface area (Å²) in [6.45, 7) is 2.75. The lowest BCUT2D eigenvalue weighted by molar-refractivity contribution is -0.130. The summed E-state index contributed by atoms with van der Waals surface area (Å²) < 4.78 is 0. The molecule has 112 valence electrons. The van der Waals surface area contributed by atoms with E-state index in [1.165, 1.54) is 11.3 Å². The molecule has 0 bridgehead atoms. The van der Waals surface area contributed by atoms with Crippen LogP contribution >= 0.6 is 11.3 Å². The van der Waals surface area contributed by atoms with E-state index < -0.39 is 6.10 Å². The summed E-state index contributed by atoms with van der Waals surface area (Å²) in [4.78, 5) is 25.7. The summed E-state index contributed by atoms with van der Waals surface area (Å²) in [6.07, 6.45) is 1.21. The number of carbonyl (C=O) groups excluding carboxylic acids is 2. The highest BCUT2D eigenvalue weighted by Gasteiger charge is 2.10. The van der Waals surface area contributed by atoms with E-state index in [-0.39, 0.29) is 11.8 Å². The first kappa shape index (κ1) is 16.7. The van der Waals surface area contributed by atoms with Crippen LogP contribution in [0.4, 0.5) is 0 Å². The number of carbonyl (C=O) groups is 2. The zero-order valence-electron chi connectivity index (χ0n) is 12.0. The van der Waals surface area contributed by atoms with Gasteiger partial charge in [-0.25, -0.2) is 0 Å². The maximum absolute atomic E-state index is 11.8. The first-order valence-electron chi connectivity index (χ1n) is 6.74. The summed E-state index contributed by atoms with van der Waals surface area (Å²) in [6, 6.07) is 3.61.